The fraction of sp³-hybridized carbons (Fsp3) is 0.529. The average molecular weight is 339 g/mol. The normalized spacial score (nSPS) is 21.8. The lowest BCUT2D eigenvalue weighted by Crippen LogP contribution is -2.53. The quantitative estimate of drug-likeness (QED) is 0.899. The molecule has 2 rings (SSSR count). The van der Waals surface area contributed by atoms with Crippen LogP contribution in [-0.4, -0.2) is 35.1 Å². The number of amides is 2. The van der Waals surface area contributed by atoms with E-state index >= 15 is 0 Å². The van der Waals surface area contributed by atoms with Crippen molar-refractivity contribution >= 4 is 23.6 Å². The Balaban J connectivity index is 2.13. The topological polar surface area (TPSA) is 72.6 Å². The van der Waals surface area contributed by atoms with Gasteiger partial charge in [0.15, 0.2) is 0 Å². The molecule has 1 fully saturated rings. The maximum atomic E-state index is 12.3. The predicted molar refractivity (Wildman–Crippen MR) is 89.3 cm³/mol. The fourth-order valence-electron chi connectivity index (χ4n) is 2.81. The summed E-state index contributed by atoms with van der Waals surface area (Å²) in [7, 11) is 0. The van der Waals surface area contributed by atoms with Crippen molar-refractivity contribution in [2.24, 2.45) is 5.73 Å². The van der Waals surface area contributed by atoms with Crippen LogP contribution in [0.25, 0.3) is 0 Å². The zero-order valence-electron chi connectivity index (χ0n) is 13.7. The van der Waals surface area contributed by atoms with Crippen molar-refractivity contribution in [3.05, 3.63) is 34.9 Å². The first kappa shape index (κ1) is 17.6. The SMILES string of the molecule is CC(C)(C)OC(=O)N1CCC(c2ccc(Cl)cc2)CC1C(N)=O. The summed E-state index contributed by atoms with van der Waals surface area (Å²) in [6.45, 7) is 5.83. The van der Waals surface area contributed by atoms with E-state index in [-0.39, 0.29) is 5.92 Å². The van der Waals surface area contributed by atoms with Gasteiger partial charge in [0.25, 0.3) is 0 Å². The van der Waals surface area contributed by atoms with Crippen LogP contribution in [0, 0.1) is 0 Å². The Labute approximate surface area is 141 Å². The number of carbonyl (C=O) groups is 2. The summed E-state index contributed by atoms with van der Waals surface area (Å²) in [6, 6.07) is 6.91. The molecular weight excluding hydrogens is 316 g/mol. The van der Waals surface area contributed by atoms with E-state index in [1.54, 1.807) is 20.8 Å². The van der Waals surface area contributed by atoms with Crippen LogP contribution in [0.2, 0.25) is 5.02 Å². The van der Waals surface area contributed by atoms with E-state index in [0.717, 1.165) is 12.0 Å². The molecule has 6 heteroatoms. The number of carbonyl (C=O) groups excluding carboxylic acids is 2. The Morgan fingerprint density at radius 2 is 1.87 bits per heavy atom. The van der Waals surface area contributed by atoms with Gasteiger partial charge < -0.3 is 10.5 Å². The second-order valence-corrected chi connectivity index (χ2v) is 7.30. The summed E-state index contributed by atoms with van der Waals surface area (Å²) in [6.07, 6.45) is 0.761. The summed E-state index contributed by atoms with van der Waals surface area (Å²) in [4.78, 5) is 25.6. The van der Waals surface area contributed by atoms with Gasteiger partial charge in [-0.3, -0.25) is 9.69 Å². The molecule has 23 heavy (non-hydrogen) atoms. The molecule has 1 saturated heterocycles. The van der Waals surface area contributed by atoms with Crippen molar-refractivity contribution in [3.63, 3.8) is 0 Å². The molecule has 0 radical (unpaired) electrons. The smallest absolute Gasteiger partial charge is 0.410 e. The average Bonchev–Trinajstić information content (AvgIpc) is 2.45. The van der Waals surface area contributed by atoms with Gasteiger partial charge in [0.2, 0.25) is 5.91 Å². The number of nitrogens with zero attached hydrogens (tertiary/aromatic N) is 1. The van der Waals surface area contributed by atoms with Crippen LogP contribution in [0.1, 0.15) is 45.1 Å². The molecule has 1 aromatic rings. The number of nitrogens with two attached hydrogens (primary N) is 1. The number of likely N-dealkylation sites (tertiary alicyclic amines) is 1. The van der Waals surface area contributed by atoms with Crippen LogP contribution in [0.3, 0.4) is 0 Å². The first-order valence-corrected chi connectivity index (χ1v) is 8.09. The van der Waals surface area contributed by atoms with Gasteiger partial charge in [-0.1, -0.05) is 23.7 Å². The molecule has 0 saturated carbocycles. The number of halogens is 1. The van der Waals surface area contributed by atoms with E-state index in [1.165, 1.54) is 4.90 Å². The Hall–Kier alpha value is -1.75. The van der Waals surface area contributed by atoms with Gasteiger partial charge in [-0.05, 0) is 57.2 Å². The second-order valence-electron chi connectivity index (χ2n) is 6.86. The highest BCUT2D eigenvalue weighted by Gasteiger charge is 2.37. The minimum absolute atomic E-state index is 0.170. The highest BCUT2D eigenvalue weighted by Crippen LogP contribution is 2.33. The number of ether oxygens (including phenoxy) is 1. The van der Waals surface area contributed by atoms with Crippen LogP contribution in [-0.2, 0) is 9.53 Å². The standard InChI is InChI=1S/C17H23ClN2O3/c1-17(2,3)23-16(22)20-9-8-12(10-14(20)15(19)21)11-4-6-13(18)7-5-11/h4-7,12,14H,8-10H2,1-3H3,(H2,19,21). The predicted octanol–water partition coefficient (Wildman–Crippen LogP) is 3.31. The minimum Gasteiger partial charge on any atom is -0.444 e. The van der Waals surface area contributed by atoms with E-state index in [2.05, 4.69) is 0 Å². The van der Waals surface area contributed by atoms with Crippen LogP contribution in [0.15, 0.2) is 24.3 Å². The first-order chi connectivity index (χ1) is 10.7. The molecule has 2 atom stereocenters. The Morgan fingerprint density at radius 1 is 1.26 bits per heavy atom. The Bertz CT molecular complexity index is 580. The summed E-state index contributed by atoms with van der Waals surface area (Å²) in [5, 5.41) is 0.673. The lowest BCUT2D eigenvalue weighted by molar-refractivity contribution is -0.124. The third-order valence-corrected chi connectivity index (χ3v) is 4.15. The molecule has 0 spiro atoms. The monoisotopic (exact) mass is 338 g/mol. The number of piperidine rings is 1. The second kappa shape index (κ2) is 6.79. The Kier molecular flexibility index (Phi) is 5.19. The van der Waals surface area contributed by atoms with Gasteiger partial charge in [-0.15, -0.1) is 0 Å². The van der Waals surface area contributed by atoms with Gasteiger partial charge in [0.1, 0.15) is 11.6 Å². The van der Waals surface area contributed by atoms with E-state index in [1.807, 2.05) is 24.3 Å². The van der Waals surface area contributed by atoms with Gasteiger partial charge in [0.05, 0.1) is 0 Å². The van der Waals surface area contributed by atoms with Crippen LogP contribution >= 0.6 is 11.6 Å². The molecule has 1 aliphatic rings. The van der Waals surface area contributed by atoms with Crippen molar-refractivity contribution in [2.75, 3.05) is 6.54 Å². The summed E-state index contributed by atoms with van der Waals surface area (Å²) < 4.78 is 5.38. The van der Waals surface area contributed by atoms with Crippen LogP contribution in [0.4, 0.5) is 4.79 Å². The molecule has 1 aliphatic heterocycles. The van der Waals surface area contributed by atoms with Crippen LogP contribution in [0.5, 0.6) is 0 Å². The van der Waals surface area contributed by atoms with Gasteiger partial charge >= 0.3 is 6.09 Å². The maximum Gasteiger partial charge on any atom is 0.410 e. The van der Waals surface area contributed by atoms with Gasteiger partial charge in [-0.2, -0.15) is 0 Å². The summed E-state index contributed by atoms with van der Waals surface area (Å²) in [5.41, 5.74) is 6.01. The van der Waals surface area contributed by atoms with E-state index in [4.69, 9.17) is 22.1 Å². The molecule has 0 bridgehead atoms. The first-order valence-electron chi connectivity index (χ1n) is 7.72. The third-order valence-electron chi connectivity index (χ3n) is 3.90. The zero-order chi connectivity index (χ0) is 17.2. The fourth-order valence-corrected chi connectivity index (χ4v) is 2.94. The van der Waals surface area contributed by atoms with Gasteiger partial charge in [0, 0.05) is 11.6 Å². The highest BCUT2D eigenvalue weighted by atomic mass is 35.5. The molecule has 0 aliphatic carbocycles. The number of benzene rings is 1. The van der Waals surface area contributed by atoms with E-state index < -0.39 is 23.6 Å². The maximum absolute atomic E-state index is 12.3. The van der Waals surface area contributed by atoms with Crippen molar-refractivity contribution in [3.8, 4) is 0 Å². The zero-order valence-corrected chi connectivity index (χ0v) is 14.5. The molecule has 1 aromatic carbocycles. The number of hydrogen-bond donors (Lipinski definition) is 1. The summed E-state index contributed by atoms with van der Waals surface area (Å²) >= 11 is 5.91. The molecule has 126 valence electrons. The van der Waals surface area contributed by atoms with Gasteiger partial charge in [-0.25, -0.2) is 4.79 Å². The van der Waals surface area contributed by atoms with Crippen molar-refractivity contribution < 1.29 is 14.3 Å². The molecule has 2 unspecified atom stereocenters. The largest absolute Gasteiger partial charge is 0.444 e. The molecule has 2 N–H and O–H groups in total. The van der Waals surface area contributed by atoms with Crippen molar-refractivity contribution in [1.29, 1.82) is 0 Å². The molecular formula is C17H23ClN2O3. The molecule has 5 nitrogen and oxygen atoms in total. The molecule has 0 aromatic heterocycles. The van der Waals surface area contributed by atoms with Crippen LogP contribution < -0.4 is 5.73 Å². The highest BCUT2D eigenvalue weighted by molar-refractivity contribution is 6.30. The molecule has 1 heterocycles. The number of primary amides is 1. The third kappa shape index (κ3) is 4.61. The summed E-state index contributed by atoms with van der Waals surface area (Å²) in [5.74, 6) is -0.335. The van der Waals surface area contributed by atoms with Crippen molar-refractivity contribution in [1.82, 2.24) is 4.90 Å². The Morgan fingerprint density at radius 3 is 2.39 bits per heavy atom. The number of hydrogen-bond acceptors (Lipinski definition) is 3. The lowest BCUT2D eigenvalue weighted by atomic mass is 9.85. The van der Waals surface area contributed by atoms with Crippen molar-refractivity contribution in [2.45, 2.75) is 51.2 Å². The minimum atomic E-state index is -0.653. The van der Waals surface area contributed by atoms with E-state index in [0.29, 0.717) is 18.0 Å². The lowest BCUT2D eigenvalue weighted by Gasteiger charge is -2.38. The number of rotatable bonds is 2. The van der Waals surface area contributed by atoms with E-state index in [9.17, 15) is 9.59 Å². The molecule has 2 amide bonds.